The van der Waals surface area contributed by atoms with Gasteiger partial charge in [0.2, 0.25) is 0 Å². The Morgan fingerprint density at radius 2 is 2.05 bits per heavy atom. The van der Waals surface area contributed by atoms with Crippen molar-refractivity contribution in [2.75, 3.05) is 13.2 Å². The lowest BCUT2D eigenvalue weighted by Gasteiger charge is -2.06. The first-order valence-electron chi connectivity index (χ1n) is 6.39. The molecule has 0 saturated heterocycles. The molecule has 1 aromatic carbocycles. The number of halogens is 1. The van der Waals surface area contributed by atoms with Crippen LogP contribution in [-0.2, 0) is 13.1 Å². The summed E-state index contributed by atoms with van der Waals surface area (Å²) in [5, 5.41) is 7.71. The predicted molar refractivity (Wildman–Crippen MR) is 79.2 cm³/mol. The van der Waals surface area contributed by atoms with E-state index in [0.717, 1.165) is 35.6 Å². The molecule has 4 nitrogen and oxygen atoms in total. The minimum absolute atomic E-state index is 0.615. The zero-order chi connectivity index (χ0) is 13.5. The van der Waals surface area contributed by atoms with Crippen LogP contribution in [0.5, 0.6) is 5.75 Å². The van der Waals surface area contributed by atoms with E-state index in [4.69, 9.17) is 4.74 Å². The zero-order valence-electron chi connectivity index (χ0n) is 11.0. The van der Waals surface area contributed by atoms with Gasteiger partial charge in [0.25, 0.3) is 0 Å². The summed E-state index contributed by atoms with van der Waals surface area (Å²) < 4.78 is 8.62. The summed E-state index contributed by atoms with van der Waals surface area (Å²) in [6, 6.07) is 9.87. The molecule has 0 spiro atoms. The van der Waals surface area contributed by atoms with Gasteiger partial charge in [0.05, 0.1) is 12.2 Å². The molecule has 2 rings (SSSR count). The molecule has 0 aliphatic carbocycles. The lowest BCUT2D eigenvalue weighted by Crippen LogP contribution is -2.13. The predicted octanol–water partition coefficient (Wildman–Crippen LogP) is 2.83. The minimum atomic E-state index is 0.615. The normalized spacial score (nSPS) is 10.6. The van der Waals surface area contributed by atoms with Crippen LogP contribution in [0.2, 0.25) is 0 Å². The van der Waals surface area contributed by atoms with Gasteiger partial charge in [-0.25, -0.2) is 0 Å². The number of rotatable bonds is 7. The van der Waals surface area contributed by atoms with Crippen molar-refractivity contribution < 1.29 is 4.74 Å². The number of nitrogens with zero attached hydrogens (tertiary/aromatic N) is 2. The van der Waals surface area contributed by atoms with Gasteiger partial charge in [-0.2, -0.15) is 5.10 Å². The fourth-order valence-electron chi connectivity index (χ4n) is 1.66. The van der Waals surface area contributed by atoms with Crippen LogP contribution in [0.25, 0.3) is 0 Å². The van der Waals surface area contributed by atoms with Crippen molar-refractivity contribution in [1.82, 2.24) is 15.1 Å². The van der Waals surface area contributed by atoms with Crippen LogP contribution in [0.1, 0.15) is 12.6 Å². The highest BCUT2D eigenvalue weighted by atomic mass is 79.9. The molecule has 1 N–H and O–H groups in total. The fourth-order valence-corrected chi connectivity index (χ4v) is 1.93. The zero-order valence-corrected chi connectivity index (χ0v) is 12.6. The van der Waals surface area contributed by atoms with Gasteiger partial charge < -0.3 is 10.1 Å². The minimum Gasteiger partial charge on any atom is -0.492 e. The van der Waals surface area contributed by atoms with Crippen LogP contribution in [0.3, 0.4) is 0 Å². The first-order chi connectivity index (χ1) is 9.28. The van der Waals surface area contributed by atoms with Crippen molar-refractivity contribution in [3.63, 3.8) is 0 Å². The fraction of sp³-hybridized carbons (Fsp3) is 0.357. The number of aromatic nitrogens is 2. The molecule has 0 fully saturated rings. The van der Waals surface area contributed by atoms with Gasteiger partial charge in [-0.15, -0.1) is 0 Å². The molecule has 19 heavy (non-hydrogen) atoms. The Morgan fingerprint density at radius 3 is 2.79 bits per heavy atom. The van der Waals surface area contributed by atoms with Gasteiger partial charge in [0, 0.05) is 17.2 Å². The maximum Gasteiger partial charge on any atom is 0.119 e. The van der Waals surface area contributed by atoms with Crippen molar-refractivity contribution >= 4 is 15.9 Å². The Kier molecular flexibility index (Phi) is 5.42. The van der Waals surface area contributed by atoms with E-state index in [9.17, 15) is 0 Å². The summed E-state index contributed by atoms with van der Waals surface area (Å²) in [7, 11) is 0. The van der Waals surface area contributed by atoms with Gasteiger partial charge in [-0.05, 0) is 36.9 Å². The second-order valence-corrected chi connectivity index (χ2v) is 5.07. The Bertz CT molecular complexity index is 496. The Hall–Kier alpha value is -1.33. The molecule has 0 saturated carbocycles. The smallest absolute Gasteiger partial charge is 0.119 e. The summed E-state index contributed by atoms with van der Waals surface area (Å²) in [4.78, 5) is 0. The standard InChI is InChI=1S/C14H18BrN3O/c1-2-16-11-13-7-8-18(17-13)9-10-19-14-5-3-12(15)4-6-14/h3-8,16H,2,9-11H2,1H3. The van der Waals surface area contributed by atoms with Crippen LogP contribution in [-0.4, -0.2) is 22.9 Å². The summed E-state index contributed by atoms with van der Waals surface area (Å²) in [5.74, 6) is 0.878. The van der Waals surface area contributed by atoms with Crippen LogP contribution >= 0.6 is 15.9 Å². The molecule has 2 aromatic rings. The Morgan fingerprint density at radius 1 is 1.26 bits per heavy atom. The van der Waals surface area contributed by atoms with E-state index in [1.54, 1.807) is 0 Å². The number of ether oxygens (including phenoxy) is 1. The third-order valence-electron chi connectivity index (χ3n) is 2.65. The molecule has 5 heteroatoms. The average Bonchev–Trinajstić information content (AvgIpc) is 2.87. The van der Waals surface area contributed by atoms with E-state index in [2.05, 4.69) is 33.3 Å². The van der Waals surface area contributed by atoms with Crippen LogP contribution in [0.15, 0.2) is 41.0 Å². The van der Waals surface area contributed by atoms with Crippen LogP contribution in [0.4, 0.5) is 0 Å². The lowest BCUT2D eigenvalue weighted by molar-refractivity contribution is 0.291. The summed E-state index contributed by atoms with van der Waals surface area (Å²) in [6.07, 6.45) is 1.98. The molecule has 0 unspecified atom stereocenters. The lowest BCUT2D eigenvalue weighted by atomic mass is 10.3. The van der Waals surface area contributed by atoms with E-state index in [0.29, 0.717) is 6.61 Å². The Labute approximate surface area is 121 Å². The summed E-state index contributed by atoms with van der Waals surface area (Å²) in [5.41, 5.74) is 1.06. The molecule has 0 aliphatic heterocycles. The molecule has 0 amide bonds. The van der Waals surface area contributed by atoms with E-state index in [-0.39, 0.29) is 0 Å². The number of hydrogen-bond donors (Lipinski definition) is 1. The van der Waals surface area contributed by atoms with Crippen molar-refractivity contribution in [3.05, 3.63) is 46.7 Å². The van der Waals surface area contributed by atoms with E-state index in [1.807, 2.05) is 41.2 Å². The van der Waals surface area contributed by atoms with Gasteiger partial charge in [-0.3, -0.25) is 4.68 Å². The monoisotopic (exact) mass is 323 g/mol. The first kappa shape index (κ1) is 14.1. The van der Waals surface area contributed by atoms with E-state index >= 15 is 0 Å². The topological polar surface area (TPSA) is 39.1 Å². The largest absolute Gasteiger partial charge is 0.492 e. The van der Waals surface area contributed by atoms with Crippen LogP contribution in [0, 0.1) is 0 Å². The highest BCUT2D eigenvalue weighted by Crippen LogP contribution is 2.15. The maximum absolute atomic E-state index is 5.66. The van der Waals surface area contributed by atoms with Crippen LogP contribution < -0.4 is 10.1 Å². The quantitative estimate of drug-likeness (QED) is 0.851. The van der Waals surface area contributed by atoms with Crippen molar-refractivity contribution in [1.29, 1.82) is 0 Å². The molecular formula is C14H18BrN3O. The molecule has 102 valence electrons. The maximum atomic E-state index is 5.66. The highest BCUT2D eigenvalue weighted by Gasteiger charge is 1.99. The molecule has 0 bridgehead atoms. The highest BCUT2D eigenvalue weighted by molar-refractivity contribution is 9.10. The molecular weight excluding hydrogens is 306 g/mol. The molecule has 0 aliphatic rings. The van der Waals surface area contributed by atoms with E-state index in [1.165, 1.54) is 0 Å². The third kappa shape index (κ3) is 4.69. The first-order valence-corrected chi connectivity index (χ1v) is 7.18. The second-order valence-electron chi connectivity index (χ2n) is 4.15. The van der Waals surface area contributed by atoms with Crippen molar-refractivity contribution in [2.45, 2.75) is 20.0 Å². The van der Waals surface area contributed by atoms with Gasteiger partial charge >= 0.3 is 0 Å². The molecule has 0 radical (unpaired) electrons. The number of benzene rings is 1. The van der Waals surface area contributed by atoms with E-state index < -0.39 is 0 Å². The second kappa shape index (κ2) is 7.31. The SMILES string of the molecule is CCNCc1ccn(CCOc2ccc(Br)cc2)n1. The molecule has 1 heterocycles. The van der Waals surface area contributed by atoms with Gasteiger partial charge in [0.1, 0.15) is 12.4 Å². The number of nitrogens with one attached hydrogen (secondary N) is 1. The molecule has 1 aromatic heterocycles. The number of hydrogen-bond acceptors (Lipinski definition) is 3. The van der Waals surface area contributed by atoms with Crippen molar-refractivity contribution in [2.24, 2.45) is 0 Å². The molecule has 0 atom stereocenters. The summed E-state index contributed by atoms with van der Waals surface area (Å²) in [6.45, 7) is 5.23. The summed E-state index contributed by atoms with van der Waals surface area (Å²) >= 11 is 3.40. The van der Waals surface area contributed by atoms with Crippen molar-refractivity contribution in [3.8, 4) is 5.75 Å². The van der Waals surface area contributed by atoms with Gasteiger partial charge in [0.15, 0.2) is 0 Å². The third-order valence-corrected chi connectivity index (χ3v) is 3.18. The Balaban J connectivity index is 1.76. The van der Waals surface area contributed by atoms with Gasteiger partial charge in [-0.1, -0.05) is 22.9 Å². The average molecular weight is 324 g/mol.